The Morgan fingerprint density at radius 1 is 1.41 bits per heavy atom. The molecular formula is C16H19N3O2S. The van der Waals surface area contributed by atoms with Crippen molar-refractivity contribution in [1.82, 2.24) is 4.98 Å². The average Bonchev–Trinajstić information content (AvgIpc) is 2.89. The fraction of sp³-hybridized carbons (Fsp3) is 0.375. The van der Waals surface area contributed by atoms with Crippen molar-refractivity contribution in [3.8, 4) is 5.75 Å². The standard InChI is InChI=1S/C16H19N3O2S/c1-9(2)21-12-7-5-4-6-10(12)11-8-13(20)18-15-14(11)22-16(17-3)19-15/h4-7,9,11H,8H2,1-3H3,(H,17,19)(H,18,20). The van der Waals surface area contributed by atoms with Crippen LogP contribution >= 0.6 is 11.3 Å². The van der Waals surface area contributed by atoms with E-state index >= 15 is 0 Å². The van der Waals surface area contributed by atoms with Gasteiger partial charge in [-0.25, -0.2) is 4.98 Å². The lowest BCUT2D eigenvalue weighted by Crippen LogP contribution is -2.23. The molecule has 2 heterocycles. The van der Waals surface area contributed by atoms with Crippen molar-refractivity contribution in [1.29, 1.82) is 0 Å². The van der Waals surface area contributed by atoms with Crippen LogP contribution in [0.1, 0.15) is 36.6 Å². The number of nitrogens with zero attached hydrogens (tertiary/aromatic N) is 1. The van der Waals surface area contributed by atoms with E-state index in [-0.39, 0.29) is 17.9 Å². The van der Waals surface area contributed by atoms with E-state index in [9.17, 15) is 4.79 Å². The Morgan fingerprint density at radius 3 is 2.91 bits per heavy atom. The second-order valence-electron chi connectivity index (χ2n) is 5.49. The van der Waals surface area contributed by atoms with Crippen LogP contribution in [-0.2, 0) is 4.79 Å². The molecule has 2 aromatic rings. The molecule has 1 aromatic carbocycles. The number of thiazole rings is 1. The zero-order valence-corrected chi connectivity index (χ0v) is 13.7. The first kappa shape index (κ1) is 14.8. The largest absolute Gasteiger partial charge is 0.491 e. The molecular weight excluding hydrogens is 298 g/mol. The van der Waals surface area contributed by atoms with Crippen LogP contribution in [0.3, 0.4) is 0 Å². The molecule has 1 amide bonds. The topological polar surface area (TPSA) is 63.3 Å². The van der Waals surface area contributed by atoms with Crippen molar-refractivity contribution in [2.75, 3.05) is 17.7 Å². The summed E-state index contributed by atoms with van der Waals surface area (Å²) in [6, 6.07) is 7.93. The van der Waals surface area contributed by atoms with E-state index < -0.39 is 0 Å². The lowest BCUT2D eigenvalue weighted by atomic mass is 9.91. The van der Waals surface area contributed by atoms with E-state index in [4.69, 9.17) is 4.74 Å². The van der Waals surface area contributed by atoms with Crippen LogP contribution in [-0.4, -0.2) is 24.0 Å². The highest BCUT2D eigenvalue weighted by atomic mass is 32.1. The number of amides is 1. The van der Waals surface area contributed by atoms with Crippen molar-refractivity contribution >= 4 is 28.2 Å². The van der Waals surface area contributed by atoms with Gasteiger partial charge in [0.2, 0.25) is 5.91 Å². The third-order valence-electron chi connectivity index (χ3n) is 3.49. The number of fused-ring (bicyclic) bond motifs is 1. The van der Waals surface area contributed by atoms with Gasteiger partial charge in [-0.05, 0) is 19.9 Å². The average molecular weight is 317 g/mol. The summed E-state index contributed by atoms with van der Waals surface area (Å²) >= 11 is 1.58. The Labute approximate surface area is 133 Å². The number of para-hydroxylation sites is 1. The van der Waals surface area contributed by atoms with Crippen molar-refractivity contribution in [2.45, 2.75) is 32.3 Å². The van der Waals surface area contributed by atoms with Gasteiger partial charge in [0.25, 0.3) is 0 Å². The van der Waals surface area contributed by atoms with Gasteiger partial charge < -0.3 is 15.4 Å². The molecule has 2 N–H and O–H groups in total. The molecule has 0 aliphatic carbocycles. The molecule has 0 bridgehead atoms. The Morgan fingerprint density at radius 2 is 2.18 bits per heavy atom. The van der Waals surface area contributed by atoms with Gasteiger partial charge in [-0.2, -0.15) is 0 Å². The van der Waals surface area contributed by atoms with E-state index in [1.807, 2.05) is 45.2 Å². The molecule has 116 valence electrons. The molecule has 6 heteroatoms. The van der Waals surface area contributed by atoms with Gasteiger partial charge >= 0.3 is 0 Å². The Hall–Kier alpha value is -2.08. The van der Waals surface area contributed by atoms with Crippen molar-refractivity contribution < 1.29 is 9.53 Å². The summed E-state index contributed by atoms with van der Waals surface area (Å²) in [5, 5.41) is 6.70. The van der Waals surface area contributed by atoms with Gasteiger partial charge in [-0.15, -0.1) is 0 Å². The highest BCUT2D eigenvalue weighted by molar-refractivity contribution is 7.16. The molecule has 1 unspecified atom stereocenters. The van der Waals surface area contributed by atoms with Crippen molar-refractivity contribution in [3.05, 3.63) is 34.7 Å². The first-order chi connectivity index (χ1) is 10.6. The molecule has 0 saturated carbocycles. The number of carbonyl (C=O) groups excluding carboxylic acids is 1. The Bertz CT molecular complexity index is 696. The smallest absolute Gasteiger partial charge is 0.226 e. The maximum absolute atomic E-state index is 12.0. The van der Waals surface area contributed by atoms with E-state index in [1.165, 1.54) is 0 Å². The minimum absolute atomic E-state index is 0.00944. The summed E-state index contributed by atoms with van der Waals surface area (Å²) in [6.07, 6.45) is 0.504. The highest BCUT2D eigenvalue weighted by Crippen LogP contribution is 2.44. The molecule has 1 aliphatic heterocycles. The summed E-state index contributed by atoms with van der Waals surface area (Å²) in [5.41, 5.74) is 1.04. The molecule has 5 nitrogen and oxygen atoms in total. The van der Waals surface area contributed by atoms with E-state index in [0.29, 0.717) is 12.2 Å². The third kappa shape index (κ3) is 2.78. The minimum Gasteiger partial charge on any atom is -0.491 e. The zero-order chi connectivity index (χ0) is 15.7. The van der Waals surface area contributed by atoms with Gasteiger partial charge in [0.05, 0.1) is 11.0 Å². The summed E-state index contributed by atoms with van der Waals surface area (Å²) < 4.78 is 5.92. The number of aromatic nitrogens is 1. The van der Waals surface area contributed by atoms with Crippen LogP contribution in [0.5, 0.6) is 5.75 Å². The molecule has 0 spiro atoms. The van der Waals surface area contributed by atoms with E-state index in [0.717, 1.165) is 21.3 Å². The van der Waals surface area contributed by atoms with E-state index in [2.05, 4.69) is 15.6 Å². The van der Waals surface area contributed by atoms with Gasteiger partial charge in [0.15, 0.2) is 5.13 Å². The summed E-state index contributed by atoms with van der Waals surface area (Å²) in [7, 11) is 1.83. The lowest BCUT2D eigenvalue weighted by Gasteiger charge is -2.24. The van der Waals surface area contributed by atoms with Gasteiger partial charge in [-0.3, -0.25) is 4.79 Å². The second-order valence-corrected chi connectivity index (χ2v) is 6.52. The summed E-state index contributed by atoms with van der Waals surface area (Å²) in [4.78, 5) is 17.5. The third-order valence-corrected chi connectivity index (χ3v) is 4.67. The number of hydrogen-bond acceptors (Lipinski definition) is 5. The molecule has 3 rings (SSSR count). The fourth-order valence-electron chi connectivity index (χ4n) is 2.61. The SMILES string of the molecule is CNc1nc2c(s1)C(c1ccccc1OC(C)C)CC(=O)N2. The minimum atomic E-state index is -0.0155. The molecule has 0 radical (unpaired) electrons. The fourth-order valence-corrected chi connectivity index (χ4v) is 3.60. The molecule has 0 saturated heterocycles. The van der Waals surface area contributed by atoms with Crippen LogP contribution < -0.4 is 15.4 Å². The Balaban J connectivity index is 2.05. The molecule has 1 atom stereocenters. The maximum Gasteiger partial charge on any atom is 0.226 e. The van der Waals surface area contributed by atoms with Gasteiger partial charge in [-0.1, -0.05) is 29.5 Å². The molecule has 1 aromatic heterocycles. The van der Waals surface area contributed by atoms with Crippen LogP contribution in [0, 0.1) is 0 Å². The number of anilines is 2. The first-order valence-corrected chi connectivity index (χ1v) is 8.14. The zero-order valence-electron chi connectivity index (χ0n) is 12.8. The lowest BCUT2D eigenvalue weighted by molar-refractivity contribution is -0.116. The van der Waals surface area contributed by atoms with Gasteiger partial charge in [0.1, 0.15) is 11.6 Å². The number of benzene rings is 1. The molecule has 0 fully saturated rings. The maximum atomic E-state index is 12.0. The number of nitrogens with one attached hydrogen (secondary N) is 2. The number of ether oxygens (including phenoxy) is 1. The van der Waals surface area contributed by atoms with Crippen molar-refractivity contribution in [3.63, 3.8) is 0 Å². The normalized spacial score (nSPS) is 17.1. The first-order valence-electron chi connectivity index (χ1n) is 7.32. The Kier molecular flexibility index (Phi) is 4.02. The van der Waals surface area contributed by atoms with Crippen LogP contribution in [0.2, 0.25) is 0 Å². The van der Waals surface area contributed by atoms with Crippen LogP contribution in [0.4, 0.5) is 10.9 Å². The predicted octanol–water partition coefficient (Wildman–Crippen LogP) is 3.45. The molecule has 1 aliphatic rings. The number of rotatable bonds is 4. The van der Waals surface area contributed by atoms with Crippen LogP contribution in [0.25, 0.3) is 0 Å². The summed E-state index contributed by atoms with van der Waals surface area (Å²) in [5.74, 6) is 1.47. The van der Waals surface area contributed by atoms with E-state index in [1.54, 1.807) is 11.3 Å². The summed E-state index contributed by atoms with van der Waals surface area (Å²) in [6.45, 7) is 4.00. The quantitative estimate of drug-likeness (QED) is 0.906. The van der Waals surface area contributed by atoms with Crippen molar-refractivity contribution in [2.24, 2.45) is 0 Å². The molecule has 22 heavy (non-hydrogen) atoms. The number of carbonyl (C=O) groups is 1. The highest BCUT2D eigenvalue weighted by Gasteiger charge is 2.32. The second kappa shape index (κ2) is 5.96. The van der Waals surface area contributed by atoms with Crippen LogP contribution in [0.15, 0.2) is 24.3 Å². The van der Waals surface area contributed by atoms with Gasteiger partial charge in [0, 0.05) is 24.9 Å². The monoisotopic (exact) mass is 317 g/mol. The number of hydrogen-bond donors (Lipinski definition) is 2. The predicted molar refractivity (Wildman–Crippen MR) is 89.0 cm³/mol.